The second-order valence-corrected chi connectivity index (χ2v) is 5.45. The van der Waals surface area contributed by atoms with Crippen LogP contribution < -0.4 is 5.32 Å². The minimum atomic E-state index is 0.200. The van der Waals surface area contributed by atoms with Crippen molar-refractivity contribution in [1.82, 2.24) is 5.32 Å². The molecule has 1 aromatic carbocycles. The molecule has 3 heteroatoms. The molecule has 2 nitrogen and oxygen atoms in total. The number of benzene rings is 1. The smallest absolute Gasteiger partial charge is 0.0587 e. The first-order chi connectivity index (χ1) is 7.88. The van der Waals surface area contributed by atoms with Gasteiger partial charge in [0.2, 0.25) is 0 Å². The summed E-state index contributed by atoms with van der Waals surface area (Å²) in [7, 11) is 0. The number of nitrogens with one attached hydrogen (secondary N) is 1. The molecule has 0 radical (unpaired) electrons. The Hall–Kier alpha value is -0.510. The van der Waals surface area contributed by atoms with Crippen molar-refractivity contribution in [3.63, 3.8) is 0 Å². The van der Waals surface area contributed by atoms with Gasteiger partial charge in [-0.2, -0.15) is 11.8 Å². The molecule has 0 saturated carbocycles. The van der Waals surface area contributed by atoms with Gasteiger partial charge < -0.3 is 10.4 Å². The zero-order valence-corrected chi connectivity index (χ0v) is 10.2. The van der Waals surface area contributed by atoms with E-state index in [2.05, 4.69) is 29.6 Å². The third-order valence-corrected chi connectivity index (χ3v) is 4.11. The average Bonchev–Trinajstić information content (AvgIpc) is 2.82. The summed E-state index contributed by atoms with van der Waals surface area (Å²) in [4.78, 5) is 0. The summed E-state index contributed by atoms with van der Waals surface area (Å²) in [6.45, 7) is 0.218. The zero-order chi connectivity index (χ0) is 11.2. The van der Waals surface area contributed by atoms with Crippen LogP contribution in [0.15, 0.2) is 30.3 Å². The molecule has 2 atom stereocenters. The molecule has 0 spiro atoms. The fraction of sp³-hybridized carbons (Fsp3) is 0.538. The molecule has 0 amide bonds. The van der Waals surface area contributed by atoms with Gasteiger partial charge in [0.1, 0.15) is 0 Å². The Balaban J connectivity index is 1.85. The Morgan fingerprint density at radius 3 is 2.81 bits per heavy atom. The lowest BCUT2D eigenvalue weighted by molar-refractivity contribution is 0.233. The highest BCUT2D eigenvalue weighted by atomic mass is 32.2. The van der Waals surface area contributed by atoms with Crippen LogP contribution >= 0.6 is 11.8 Å². The SMILES string of the molecule is OC[C@H](Cc1ccccc1)NC1CCSC1. The van der Waals surface area contributed by atoms with Crippen LogP contribution in [0.4, 0.5) is 0 Å². The lowest BCUT2D eigenvalue weighted by Crippen LogP contribution is -2.41. The molecule has 0 bridgehead atoms. The summed E-state index contributed by atoms with van der Waals surface area (Å²) in [6.07, 6.45) is 2.15. The molecule has 0 aromatic heterocycles. The molecule has 88 valence electrons. The maximum Gasteiger partial charge on any atom is 0.0587 e. The van der Waals surface area contributed by atoms with Gasteiger partial charge in [0.25, 0.3) is 0 Å². The van der Waals surface area contributed by atoms with Crippen LogP contribution in [-0.2, 0) is 6.42 Å². The van der Waals surface area contributed by atoms with Crippen molar-refractivity contribution >= 4 is 11.8 Å². The Labute approximate surface area is 101 Å². The van der Waals surface area contributed by atoms with Crippen molar-refractivity contribution in [2.24, 2.45) is 0 Å². The first kappa shape index (κ1) is 12.0. The minimum absolute atomic E-state index is 0.200. The van der Waals surface area contributed by atoms with E-state index in [1.54, 1.807) is 0 Å². The van der Waals surface area contributed by atoms with E-state index in [-0.39, 0.29) is 12.6 Å². The lowest BCUT2D eigenvalue weighted by atomic mass is 10.1. The monoisotopic (exact) mass is 237 g/mol. The van der Waals surface area contributed by atoms with Gasteiger partial charge >= 0.3 is 0 Å². The van der Waals surface area contributed by atoms with Crippen LogP contribution in [0.25, 0.3) is 0 Å². The highest BCUT2D eigenvalue weighted by Crippen LogP contribution is 2.18. The summed E-state index contributed by atoms with van der Waals surface area (Å²) in [5.41, 5.74) is 1.29. The van der Waals surface area contributed by atoms with Gasteiger partial charge in [0.15, 0.2) is 0 Å². The molecular weight excluding hydrogens is 218 g/mol. The number of aliphatic hydroxyl groups is 1. The number of hydrogen-bond donors (Lipinski definition) is 2. The van der Waals surface area contributed by atoms with E-state index in [0.717, 1.165) is 6.42 Å². The van der Waals surface area contributed by atoms with Crippen molar-refractivity contribution < 1.29 is 5.11 Å². The number of thioether (sulfide) groups is 1. The van der Waals surface area contributed by atoms with Gasteiger partial charge in [-0.25, -0.2) is 0 Å². The van der Waals surface area contributed by atoms with E-state index in [4.69, 9.17) is 0 Å². The third kappa shape index (κ3) is 3.51. The molecule has 1 aliphatic heterocycles. The van der Waals surface area contributed by atoms with Crippen LogP contribution in [0.1, 0.15) is 12.0 Å². The topological polar surface area (TPSA) is 32.3 Å². The Kier molecular flexibility index (Phi) is 4.69. The van der Waals surface area contributed by atoms with Crippen molar-refractivity contribution in [3.8, 4) is 0 Å². The molecule has 1 heterocycles. The van der Waals surface area contributed by atoms with E-state index in [0.29, 0.717) is 6.04 Å². The molecule has 1 unspecified atom stereocenters. The highest BCUT2D eigenvalue weighted by Gasteiger charge is 2.19. The van der Waals surface area contributed by atoms with Crippen molar-refractivity contribution in [2.75, 3.05) is 18.1 Å². The van der Waals surface area contributed by atoms with E-state index in [9.17, 15) is 5.11 Å². The summed E-state index contributed by atoms with van der Waals surface area (Å²) in [5.74, 6) is 2.44. The van der Waals surface area contributed by atoms with Crippen LogP contribution in [0.5, 0.6) is 0 Å². The molecule has 2 rings (SSSR count). The Morgan fingerprint density at radius 1 is 1.38 bits per heavy atom. The molecule has 1 aliphatic rings. The third-order valence-electron chi connectivity index (χ3n) is 2.95. The first-order valence-corrected chi connectivity index (χ1v) is 7.02. The van der Waals surface area contributed by atoms with E-state index in [1.165, 1.54) is 23.5 Å². The quantitative estimate of drug-likeness (QED) is 0.817. The van der Waals surface area contributed by atoms with Crippen LogP contribution in [0.3, 0.4) is 0 Å². The molecule has 2 N–H and O–H groups in total. The van der Waals surface area contributed by atoms with Crippen molar-refractivity contribution in [2.45, 2.75) is 24.9 Å². The van der Waals surface area contributed by atoms with Gasteiger partial charge in [-0.3, -0.25) is 0 Å². The maximum absolute atomic E-state index is 9.38. The number of aliphatic hydroxyl groups excluding tert-OH is 1. The lowest BCUT2D eigenvalue weighted by Gasteiger charge is -2.20. The standard InChI is InChI=1S/C13H19NOS/c15-9-13(14-12-6-7-16-10-12)8-11-4-2-1-3-5-11/h1-5,12-15H,6-10H2/t12?,13-/m0/s1. The Bertz CT molecular complexity index is 298. The fourth-order valence-electron chi connectivity index (χ4n) is 2.07. The van der Waals surface area contributed by atoms with Gasteiger partial charge in [0, 0.05) is 17.8 Å². The molecular formula is C13H19NOS. The van der Waals surface area contributed by atoms with Crippen LogP contribution in [-0.4, -0.2) is 35.3 Å². The van der Waals surface area contributed by atoms with E-state index >= 15 is 0 Å². The van der Waals surface area contributed by atoms with Gasteiger partial charge in [-0.1, -0.05) is 30.3 Å². The summed E-state index contributed by atoms with van der Waals surface area (Å²) in [5, 5.41) is 12.9. The number of hydrogen-bond acceptors (Lipinski definition) is 3. The molecule has 16 heavy (non-hydrogen) atoms. The molecule has 1 fully saturated rings. The first-order valence-electron chi connectivity index (χ1n) is 5.87. The zero-order valence-electron chi connectivity index (χ0n) is 9.43. The van der Waals surface area contributed by atoms with Crippen molar-refractivity contribution in [1.29, 1.82) is 0 Å². The Morgan fingerprint density at radius 2 is 2.19 bits per heavy atom. The summed E-state index contributed by atoms with van der Waals surface area (Å²) < 4.78 is 0. The van der Waals surface area contributed by atoms with Crippen molar-refractivity contribution in [3.05, 3.63) is 35.9 Å². The number of rotatable bonds is 5. The summed E-state index contributed by atoms with van der Waals surface area (Å²) >= 11 is 2.00. The minimum Gasteiger partial charge on any atom is -0.395 e. The fourth-order valence-corrected chi connectivity index (χ4v) is 3.24. The average molecular weight is 237 g/mol. The highest BCUT2D eigenvalue weighted by molar-refractivity contribution is 7.99. The van der Waals surface area contributed by atoms with Gasteiger partial charge in [-0.05, 0) is 24.2 Å². The van der Waals surface area contributed by atoms with E-state index in [1.807, 2.05) is 17.8 Å². The van der Waals surface area contributed by atoms with E-state index < -0.39 is 0 Å². The molecule has 1 aromatic rings. The normalized spacial score (nSPS) is 22.2. The maximum atomic E-state index is 9.38. The largest absolute Gasteiger partial charge is 0.395 e. The van der Waals surface area contributed by atoms with Crippen LogP contribution in [0, 0.1) is 0 Å². The predicted octanol–water partition coefficient (Wildman–Crippen LogP) is 1.69. The van der Waals surface area contributed by atoms with Crippen LogP contribution in [0.2, 0.25) is 0 Å². The molecule has 0 aliphatic carbocycles. The molecule has 1 saturated heterocycles. The second-order valence-electron chi connectivity index (χ2n) is 4.30. The summed E-state index contributed by atoms with van der Waals surface area (Å²) in [6, 6.07) is 11.2. The van der Waals surface area contributed by atoms with Gasteiger partial charge in [0.05, 0.1) is 6.61 Å². The predicted molar refractivity (Wildman–Crippen MR) is 69.9 cm³/mol. The second kappa shape index (κ2) is 6.28. The van der Waals surface area contributed by atoms with Gasteiger partial charge in [-0.15, -0.1) is 0 Å².